The molecule has 1 fully saturated rings. The van der Waals surface area contributed by atoms with Crippen LogP contribution in [-0.2, 0) is 17.5 Å². The molecule has 0 atom stereocenters. The third-order valence-corrected chi connectivity index (χ3v) is 5.13. The van der Waals surface area contributed by atoms with Crippen LogP contribution in [0.15, 0.2) is 48.5 Å². The van der Waals surface area contributed by atoms with E-state index in [2.05, 4.69) is 10.3 Å². The third-order valence-electron chi connectivity index (χ3n) is 5.13. The van der Waals surface area contributed by atoms with E-state index in [4.69, 9.17) is 0 Å². The van der Waals surface area contributed by atoms with E-state index in [-0.39, 0.29) is 5.91 Å². The second-order valence-electron chi connectivity index (χ2n) is 6.97. The molecule has 0 spiro atoms. The summed E-state index contributed by atoms with van der Waals surface area (Å²) in [7, 11) is 0. The fourth-order valence-corrected chi connectivity index (χ4v) is 3.54. The number of hydrogen-bond donors (Lipinski definition) is 0. The number of amides is 1. The molecule has 9 heteroatoms. The van der Waals surface area contributed by atoms with Crippen LogP contribution in [-0.4, -0.2) is 52.0 Å². The fraction of sp³-hybridized carbons (Fsp3) is 0.350. The second kappa shape index (κ2) is 7.73. The lowest BCUT2D eigenvalue weighted by Crippen LogP contribution is -2.49. The standard InChI is InChI=1S/C20H20F3N5O/c21-20(22,23)15-4-3-5-16(14-15)26-10-12-27(13-11-26)19(29)8-9-28-18-7-2-1-6-17(18)24-25-28/h1-7,14H,8-13H2. The number of anilines is 1. The van der Waals surface area contributed by atoms with E-state index in [1.807, 2.05) is 29.2 Å². The number of aromatic nitrogens is 3. The molecule has 2 heterocycles. The molecule has 152 valence electrons. The molecule has 0 unspecified atom stereocenters. The Hall–Kier alpha value is -3.10. The van der Waals surface area contributed by atoms with Crippen LogP contribution in [0.5, 0.6) is 0 Å². The Balaban J connectivity index is 1.33. The summed E-state index contributed by atoms with van der Waals surface area (Å²) in [6.07, 6.45) is -4.06. The van der Waals surface area contributed by atoms with E-state index in [1.54, 1.807) is 15.6 Å². The van der Waals surface area contributed by atoms with Gasteiger partial charge in [0.25, 0.3) is 0 Å². The highest BCUT2D eigenvalue weighted by atomic mass is 19.4. The van der Waals surface area contributed by atoms with Gasteiger partial charge in [-0.2, -0.15) is 13.2 Å². The number of alkyl halides is 3. The normalized spacial score (nSPS) is 15.1. The molecule has 1 amide bonds. The van der Waals surface area contributed by atoms with Gasteiger partial charge in [0, 0.05) is 38.3 Å². The molecule has 1 aliphatic heterocycles. The predicted molar refractivity (Wildman–Crippen MR) is 102 cm³/mol. The van der Waals surface area contributed by atoms with Crippen molar-refractivity contribution in [3.05, 3.63) is 54.1 Å². The van der Waals surface area contributed by atoms with Crippen molar-refractivity contribution in [2.24, 2.45) is 0 Å². The number of fused-ring (bicyclic) bond motifs is 1. The monoisotopic (exact) mass is 403 g/mol. The van der Waals surface area contributed by atoms with Crippen molar-refractivity contribution in [1.82, 2.24) is 19.9 Å². The van der Waals surface area contributed by atoms with Crippen LogP contribution in [0.2, 0.25) is 0 Å². The van der Waals surface area contributed by atoms with Gasteiger partial charge in [0.1, 0.15) is 5.52 Å². The number of hydrogen-bond acceptors (Lipinski definition) is 4. The molecule has 2 aromatic carbocycles. The van der Waals surface area contributed by atoms with Gasteiger partial charge in [-0.25, -0.2) is 4.68 Å². The molecular formula is C20H20F3N5O. The molecule has 0 saturated carbocycles. The van der Waals surface area contributed by atoms with Gasteiger partial charge in [-0.05, 0) is 30.3 Å². The molecule has 1 aliphatic rings. The lowest BCUT2D eigenvalue weighted by Gasteiger charge is -2.36. The first-order valence-corrected chi connectivity index (χ1v) is 9.40. The minimum atomic E-state index is -4.36. The van der Waals surface area contributed by atoms with E-state index in [1.165, 1.54) is 6.07 Å². The van der Waals surface area contributed by atoms with Crippen molar-refractivity contribution in [1.29, 1.82) is 0 Å². The van der Waals surface area contributed by atoms with Crippen molar-refractivity contribution in [3.63, 3.8) is 0 Å². The molecule has 0 radical (unpaired) electrons. The number of halogens is 3. The van der Waals surface area contributed by atoms with Gasteiger partial charge in [0.15, 0.2) is 0 Å². The van der Waals surface area contributed by atoms with Gasteiger partial charge in [-0.1, -0.05) is 23.4 Å². The van der Waals surface area contributed by atoms with Crippen LogP contribution in [0.25, 0.3) is 11.0 Å². The number of carbonyl (C=O) groups excluding carboxylic acids is 1. The quantitative estimate of drug-likeness (QED) is 0.672. The second-order valence-corrected chi connectivity index (χ2v) is 6.97. The van der Waals surface area contributed by atoms with E-state index in [0.29, 0.717) is 44.8 Å². The van der Waals surface area contributed by atoms with Crippen LogP contribution in [0.3, 0.4) is 0 Å². The average molecular weight is 403 g/mol. The zero-order chi connectivity index (χ0) is 20.4. The summed E-state index contributed by atoms with van der Waals surface area (Å²) in [5.74, 6) is 0.00766. The Morgan fingerprint density at radius 3 is 2.52 bits per heavy atom. The average Bonchev–Trinajstić information content (AvgIpc) is 3.15. The Morgan fingerprint density at radius 2 is 1.76 bits per heavy atom. The SMILES string of the molecule is O=C(CCn1nnc2ccccc21)N1CCN(c2cccc(C(F)(F)F)c2)CC1. The van der Waals surface area contributed by atoms with Gasteiger partial charge in [-0.15, -0.1) is 5.10 Å². The molecule has 0 N–H and O–H groups in total. The molecule has 4 rings (SSSR count). The summed E-state index contributed by atoms with van der Waals surface area (Å²) in [5, 5.41) is 8.17. The van der Waals surface area contributed by atoms with Crippen molar-refractivity contribution < 1.29 is 18.0 Å². The zero-order valence-electron chi connectivity index (χ0n) is 15.6. The van der Waals surface area contributed by atoms with E-state index >= 15 is 0 Å². The fourth-order valence-electron chi connectivity index (χ4n) is 3.54. The maximum Gasteiger partial charge on any atom is 0.416 e. The molecule has 3 aromatic rings. The summed E-state index contributed by atoms with van der Waals surface area (Å²) in [6.45, 7) is 2.40. The van der Waals surface area contributed by atoms with Gasteiger partial charge < -0.3 is 9.80 Å². The Bertz CT molecular complexity index is 1010. The minimum Gasteiger partial charge on any atom is -0.368 e. The number of para-hydroxylation sites is 1. The number of benzene rings is 2. The molecule has 1 aromatic heterocycles. The van der Waals surface area contributed by atoms with E-state index in [9.17, 15) is 18.0 Å². The smallest absolute Gasteiger partial charge is 0.368 e. The van der Waals surface area contributed by atoms with Crippen molar-refractivity contribution in [2.75, 3.05) is 31.1 Å². The summed E-state index contributed by atoms with van der Waals surface area (Å²) in [6, 6.07) is 12.9. The highest BCUT2D eigenvalue weighted by Crippen LogP contribution is 2.31. The van der Waals surface area contributed by atoms with Crippen molar-refractivity contribution in [2.45, 2.75) is 19.1 Å². The molecule has 6 nitrogen and oxygen atoms in total. The van der Waals surface area contributed by atoms with Crippen molar-refractivity contribution >= 4 is 22.6 Å². The Labute approximate surface area is 165 Å². The Morgan fingerprint density at radius 1 is 1.00 bits per heavy atom. The van der Waals surface area contributed by atoms with E-state index < -0.39 is 11.7 Å². The van der Waals surface area contributed by atoms with Gasteiger partial charge in [0.2, 0.25) is 5.91 Å². The first-order valence-electron chi connectivity index (χ1n) is 9.40. The molecule has 29 heavy (non-hydrogen) atoms. The first kappa shape index (κ1) is 19.2. The predicted octanol–water partition coefficient (Wildman–Crippen LogP) is 3.19. The summed E-state index contributed by atoms with van der Waals surface area (Å²) in [4.78, 5) is 16.2. The van der Waals surface area contributed by atoms with Crippen LogP contribution in [0.1, 0.15) is 12.0 Å². The van der Waals surface area contributed by atoms with Gasteiger partial charge in [0.05, 0.1) is 17.6 Å². The van der Waals surface area contributed by atoms with Gasteiger partial charge >= 0.3 is 6.18 Å². The number of carbonyl (C=O) groups is 1. The molecule has 0 aliphatic carbocycles. The van der Waals surface area contributed by atoms with E-state index in [0.717, 1.165) is 23.2 Å². The number of nitrogens with zero attached hydrogens (tertiary/aromatic N) is 5. The summed E-state index contributed by atoms with van der Waals surface area (Å²) < 4.78 is 40.5. The molecule has 1 saturated heterocycles. The lowest BCUT2D eigenvalue weighted by molar-refractivity contribution is -0.137. The first-order chi connectivity index (χ1) is 13.9. The Kier molecular flexibility index (Phi) is 5.12. The number of aryl methyl sites for hydroxylation is 1. The molecular weight excluding hydrogens is 383 g/mol. The maximum absolute atomic E-state index is 12.9. The summed E-state index contributed by atoms with van der Waals surface area (Å²) >= 11 is 0. The highest BCUT2D eigenvalue weighted by Gasteiger charge is 2.31. The largest absolute Gasteiger partial charge is 0.416 e. The lowest BCUT2D eigenvalue weighted by atomic mass is 10.1. The number of rotatable bonds is 4. The zero-order valence-corrected chi connectivity index (χ0v) is 15.6. The minimum absolute atomic E-state index is 0.00766. The van der Waals surface area contributed by atoms with Crippen LogP contribution in [0.4, 0.5) is 18.9 Å². The summed E-state index contributed by atoms with van der Waals surface area (Å²) in [5.41, 5.74) is 1.54. The number of piperazine rings is 1. The van der Waals surface area contributed by atoms with Crippen LogP contribution in [0, 0.1) is 0 Å². The van der Waals surface area contributed by atoms with Crippen LogP contribution < -0.4 is 4.90 Å². The van der Waals surface area contributed by atoms with Gasteiger partial charge in [-0.3, -0.25) is 4.79 Å². The molecule has 0 bridgehead atoms. The van der Waals surface area contributed by atoms with Crippen LogP contribution >= 0.6 is 0 Å². The highest BCUT2D eigenvalue weighted by molar-refractivity contribution is 5.77. The third kappa shape index (κ3) is 4.18. The van der Waals surface area contributed by atoms with Crippen molar-refractivity contribution in [3.8, 4) is 0 Å². The maximum atomic E-state index is 12.9. The topological polar surface area (TPSA) is 54.3 Å².